The maximum Gasteiger partial charge on any atom is 0.0614 e. The Bertz CT molecular complexity index is 750. The number of hydrogen-bond acceptors (Lipinski definition) is 4. The van der Waals surface area contributed by atoms with Crippen LogP contribution in [0.3, 0.4) is 0 Å². The summed E-state index contributed by atoms with van der Waals surface area (Å²) < 4.78 is 2.51. The Morgan fingerprint density at radius 2 is 1.85 bits per heavy atom. The topological polar surface area (TPSA) is 35.5 Å². The average molecular weight is 501 g/mol. The van der Waals surface area contributed by atoms with Crippen LogP contribution in [0.1, 0.15) is 36.1 Å². The average Bonchev–Trinajstić information content (AvgIpc) is 2.68. The second kappa shape index (κ2) is 8.37. The van der Waals surface area contributed by atoms with Gasteiger partial charge in [-0.25, -0.2) is 4.31 Å². The van der Waals surface area contributed by atoms with Crippen molar-refractivity contribution in [2.24, 2.45) is 5.92 Å². The first kappa shape index (κ1) is 19.0. The monoisotopic (exact) mass is 500 g/mol. The lowest BCUT2D eigenvalue weighted by Gasteiger charge is -2.51. The molecule has 6 heteroatoms. The van der Waals surface area contributed by atoms with Crippen LogP contribution in [0.25, 0.3) is 0 Å². The molecule has 2 fully saturated rings. The fourth-order valence-electron chi connectivity index (χ4n) is 4.37. The first-order valence-corrected chi connectivity index (χ1v) is 12.7. The SMILES string of the molecule is OC1CC(c2ccccc2)N(SI)[C@H]2CC(c3cccc(Cl)c3)NC[C@@H]12. The Morgan fingerprint density at radius 1 is 1.08 bits per heavy atom. The molecule has 0 radical (unpaired) electrons. The van der Waals surface area contributed by atoms with Crippen LogP contribution in [0.4, 0.5) is 0 Å². The maximum absolute atomic E-state index is 10.9. The van der Waals surface area contributed by atoms with Crippen molar-refractivity contribution >= 4 is 41.9 Å². The van der Waals surface area contributed by atoms with Crippen molar-refractivity contribution in [2.75, 3.05) is 6.54 Å². The van der Waals surface area contributed by atoms with E-state index in [1.165, 1.54) is 11.1 Å². The van der Waals surface area contributed by atoms with Gasteiger partial charge in [0.05, 0.1) is 6.10 Å². The van der Waals surface area contributed by atoms with Gasteiger partial charge in [0.15, 0.2) is 0 Å². The summed E-state index contributed by atoms with van der Waals surface area (Å²) in [7, 11) is 1.78. The number of aliphatic hydroxyl groups excluding tert-OH is 1. The van der Waals surface area contributed by atoms with E-state index in [-0.39, 0.29) is 24.1 Å². The highest BCUT2D eigenvalue weighted by molar-refractivity contribution is 14.2. The third-order valence-corrected chi connectivity index (χ3v) is 7.96. The lowest BCUT2D eigenvalue weighted by atomic mass is 9.77. The van der Waals surface area contributed by atoms with Gasteiger partial charge in [-0.05, 0) is 45.2 Å². The summed E-state index contributed by atoms with van der Waals surface area (Å²) >= 11 is 8.59. The third kappa shape index (κ3) is 3.80. The highest BCUT2D eigenvalue weighted by atomic mass is 127. The van der Waals surface area contributed by atoms with E-state index in [4.69, 9.17) is 11.6 Å². The second-order valence-electron chi connectivity index (χ2n) is 7.14. The van der Waals surface area contributed by atoms with E-state index in [2.05, 4.69) is 67.2 Å². The molecule has 3 unspecified atom stereocenters. The number of hydrogen-bond donors (Lipinski definition) is 2. The Hall–Kier alpha value is -0.310. The minimum Gasteiger partial charge on any atom is -0.393 e. The molecule has 2 aliphatic rings. The zero-order chi connectivity index (χ0) is 18.1. The predicted molar refractivity (Wildman–Crippen MR) is 117 cm³/mol. The van der Waals surface area contributed by atoms with Crippen LogP contribution < -0.4 is 5.32 Å². The summed E-state index contributed by atoms with van der Waals surface area (Å²) in [6.07, 6.45) is 1.48. The molecule has 4 rings (SSSR count). The van der Waals surface area contributed by atoms with E-state index in [1.807, 2.05) is 18.2 Å². The maximum atomic E-state index is 10.9. The smallest absolute Gasteiger partial charge is 0.0614 e. The van der Waals surface area contributed by atoms with Crippen LogP contribution in [-0.4, -0.2) is 28.1 Å². The zero-order valence-corrected chi connectivity index (χ0v) is 18.0. The van der Waals surface area contributed by atoms with Crippen LogP contribution >= 0.6 is 41.9 Å². The molecule has 2 aromatic carbocycles. The normalized spacial score (nSPS) is 32.2. The minimum absolute atomic E-state index is 0.243. The second-order valence-corrected chi connectivity index (χ2v) is 9.32. The van der Waals surface area contributed by atoms with Crippen molar-refractivity contribution in [3.63, 3.8) is 0 Å². The Morgan fingerprint density at radius 3 is 2.58 bits per heavy atom. The van der Waals surface area contributed by atoms with Crippen molar-refractivity contribution in [1.82, 2.24) is 9.62 Å². The van der Waals surface area contributed by atoms with E-state index >= 15 is 0 Å². The highest BCUT2D eigenvalue weighted by Crippen LogP contribution is 2.47. The molecule has 2 aromatic rings. The van der Waals surface area contributed by atoms with Gasteiger partial charge in [-0.15, -0.1) is 0 Å². The van der Waals surface area contributed by atoms with Gasteiger partial charge in [0.25, 0.3) is 0 Å². The molecular weight excluding hydrogens is 479 g/mol. The highest BCUT2D eigenvalue weighted by Gasteiger charge is 2.46. The molecule has 0 spiro atoms. The number of nitrogens with one attached hydrogen (secondary N) is 1. The van der Waals surface area contributed by atoms with E-state index in [0.717, 1.165) is 24.4 Å². The van der Waals surface area contributed by atoms with Crippen LogP contribution in [0.5, 0.6) is 0 Å². The lowest BCUT2D eigenvalue weighted by molar-refractivity contribution is -0.0262. The first-order valence-electron chi connectivity index (χ1n) is 8.96. The van der Waals surface area contributed by atoms with E-state index < -0.39 is 0 Å². The number of rotatable bonds is 3. The molecule has 5 atom stereocenters. The zero-order valence-electron chi connectivity index (χ0n) is 14.3. The van der Waals surface area contributed by atoms with E-state index in [1.54, 1.807) is 9.12 Å². The van der Waals surface area contributed by atoms with Gasteiger partial charge in [-0.2, -0.15) is 0 Å². The molecule has 0 amide bonds. The molecule has 26 heavy (non-hydrogen) atoms. The van der Waals surface area contributed by atoms with Gasteiger partial charge < -0.3 is 10.4 Å². The summed E-state index contributed by atoms with van der Waals surface area (Å²) in [5.74, 6) is 0.257. The number of aliphatic hydroxyl groups is 1. The van der Waals surface area contributed by atoms with Crippen molar-refractivity contribution < 1.29 is 5.11 Å². The third-order valence-electron chi connectivity index (χ3n) is 5.68. The quantitative estimate of drug-likeness (QED) is 0.450. The molecular formula is C20H22ClIN2OS. The Kier molecular flexibility index (Phi) is 6.12. The van der Waals surface area contributed by atoms with Crippen LogP contribution in [0.15, 0.2) is 54.6 Å². The van der Waals surface area contributed by atoms with Crippen molar-refractivity contribution in [3.8, 4) is 0 Å². The molecule has 0 bridgehead atoms. The van der Waals surface area contributed by atoms with Gasteiger partial charge in [-0.3, -0.25) is 0 Å². The molecule has 2 aliphatic heterocycles. The van der Waals surface area contributed by atoms with Gasteiger partial charge in [0.1, 0.15) is 0 Å². The van der Waals surface area contributed by atoms with Gasteiger partial charge >= 0.3 is 0 Å². The number of piperidine rings is 2. The molecule has 2 heterocycles. The molecule has 3 nitrogen and oxygen atoms in total. The molecule has 2 saturated heterocycles. The fourth-order valence-corrected chi connectivity index (χ4v) is 6.92. The van der Waals surface area contributed by atoms with E-state index in [0.29, 0.717) is 6.04 Å². The number of halogens is 2. The fraction of sp³-hybridized carbons (Fsp3) is 0.400. The van der Waals surface area contributed by atoms with Gasteiger partial charge in [0.2, 0.25) is 0 Å². The first-order chi connectivity index (χ1) is 12.7. The summed E-state index contributed by atoms with van der Waals surface area (Å²) in [4.78, 5) is 0. The summed E-state index contributed by atoms with van der Waals surface area (Å²) in [5, 5.41) is 15.3. The summed E-state index contributed by atoms with van der Waals surface area (Å²) in [5.41, 5.74) is 2.51. The number of fused-ring (bicyclic) bond motifs is 1. The molecule has 0 saturated carbocycles. The molecule has 0 aromatic heterocycles. The standard InChI is InChI=1S/C20H22ClIN2OS/c21-15-8-4-7-14(9-15)17-10-19-16(12-23-17)20(25)11-18(24(19)26-22)13-5-2-1-3-6-13/h1-9,16-20,23,25H,10-12H2/t16-,17?,18?,19+,20?/m1/s1. The van der Waals surface area contributed by atoms with Crippen molar-refractivity contribution in [1.29, 1.82) is 0 Å². The van der Waals surface area contributed by atoms with Crippen LogP contribution in [0, 0.1) is 5.92 Å². The van der Waals surface area contributed by atoms with Crippen LogP contribution in [0.2, 0.25) is 5.02 Å². The Balaban J connectivity index is 1.61. The molecule has 2 N–H and O–H groups in total. The van der Waals surface area contributed by atoms with Crippen LogP contribution in [-0.2, 0) is 0 Å². The van der Waals surface area contributed by atoms with Gasteiger partial charge in [0, 0.05) is 56.8 Å². The molecule has 0 aliphatic carbocycles. The number of nitrogens with zero attached hydrogens (tertiary/aromatic N) is 1. The number of benzene rings is 2. The minimum atomic E-state index is -0.280. The van der Waals surface area contributed by atoms with Crippen molar-refractivity contribution in [2.45, 2.75) is 37.1 Å². The molecule has 138 valence electrons. The Labute approximate surface area is 176 Å². The van der Waals surface area contributed by atoms with Gasteiger partial charge in [-0.1, -0.05) is 54.1 Å². The summed E-state index contributed by atoms with van der Waals surface area (Å²) in [6, 6.07) is 19.5. The largest absolute Gasteiger partial charge is 0.393 e. The van der Waals surface area contributed by atoms with E-state index in [9.17, 15) is 5.11 Å². The van der Waals surface area contributed by atoms with Crippen molar-refractivity contribution in [3.05, 3.63) is 70.7 Å². The lowest BCUT2D eigenvalue weighted by Crippen LogP contribution is -2.57. The predicted octanol–water partition coefficient (Wildman–Crippen LogP) is 5.17. The summed E-state index contributed by atoms with van der Waals surface area (Å²) in [6.45, 7) is 0.832.